The quantitative estimate of drug-likeness (QED) is 0.540. The van der Waals surface area contributed by atoms with Crippen LogP contribution >= 0.6 is 15.9 Å². The molecule has 1 aromatic carbocycles. The largest absolute Gasteiger partial charge is 0.381 e. The van der Waals surface area contributed by atoms with Gasteiger partial charge in [0.05, 0.1) is 21.8 Å². The van der Waals surface area contributed by atoms with E-state index in [4.69, 9.17) is 4.74 Å². The van der Waals surface area contributed by atoms with Gasteiger partial charge in [-0.1, -0.05) is 35.8 Å². The first-order valence-electron chi connectivity index (χ1n) is 12.2. The van der Waals surface area contributed by atoms with Gasteiger partial charge in [0.1, 0.15) is 5.54 Å². The van der Waals surface area contributed by atoms with Gasteiger partial charge < -0.3 is 9.64 Å². The number of hydrogen-bond donors (Lipinski definition) is 1. The third kappa shape index (κ3) is 4.48. The van der Waals surface area contributed by atoms with Gasteiger partial charge in [0.25, 0.3) is 0 Å². The average Bonchev–Trinajstić information content (AvgIpc) is 2.96. The van der Waals surface area contributed by atoms with Crippen LogP contribution in [0.25, 0.3) is 0 Å². The fourth-order valence-electron chi connectivity index (χ4n) is 6.45. The lowest BCUT2D eigenvalue weighted by atomic mass is 9.56. The summed E-state index contributed by atoms with van der Waals surface area (Å²) in [5.74, 6) is 0.604. The van der Waals surface area contributed by atoms with E-state index >= 15 is 0 Å². The summed E-state index contributed by atoms with van der Waals surface area (Å²) in [6, 6.07) is 6.27. The van der Waals surface area contributed by atoms with Crippen molar-refractivity contribution in [2.24, 2.45) is 17.3 Å². The molecule has 0 saturated heterocycles. The molecule has 1 amide bonds. The van der Waals surface area contributed by atoms with E-state index in [9.17, 15) is 9.00 Å². The molecule has 33 heavy (non-hydrogen) atoms. The molecule has 6 atom stereocenters. The van der Waals surface area contributed by atoms with Gasteiger partial charge >= 0.3 is 0 Å². The number of rotatable bonds is 6. The van der Waals surface area contributed by atoms with E-state index in [1.54, 1.807) is 7.11 Å². The van der Waals surface area contributed by atoms with Crippen molar-refractivity contribution in [2.75, 3.05) is 20.2 Å². The molecule has 2 unspecified atom stereocenters. The number of fused-ring (bicyclic) bond motifs is 1. The Kier molecular flexibility index (Phi) is 7.90. The summed E-state index contributed by atoms with van der Waals surface area (Å²) in [4.78, 5) is 16.5. The first kappa shape index (κ1) is 26.8. The smallest absolute Gasteiger partial charge is 0.248 e. The zero-order chi connectivity index (χ0) is 24.8. The van der Waals surface area contributed by atoms with E-state index in [1.165, 1.54) is 5.56 Å². The highest BCUT2D eigenvalue weighted by molar-refractivity contribution is 9.10. The van der Waals surface area contributed by atoms with Gasteiger partial charge in [0.2, 0.25) is 5.91 Å². The standard InChI is InChI=1S/C26H41BrN2O3S/c1-9-29(10-2)23(30)26(28-33(31)24(5,6)7)21-13-20(27)12-11-19(21)16-25(26)14-17(3)22(32-8)18(4)15-25/h11-13,17-18,22,28H,9-10,14-16H2,1-8H3/t17-,18+,22?,25?,26-,33+/m1/s1. The van der Waals surface area contributed by atoms with Crippen molar-refractivity contribution in [1.82, 2.24) is 9.62 Å². The number of carbonyl (C=O) groups is 1. The summed E-state index contributed by atoms with van der Waals surface area (Å²) in [5.41, 5.74) is 0.705. The summed E-state index contributed by atoms with van der Waals surface area (Å²) in [5, 5.41) is 0. The minimum Gasteiger partial charge on any atom is -0.381 e. The van der Waals surface area contributed by atoms with E-state index in [0.29, 0.717) is 13.1 Å². The van der Waals surface area contributed by atoms with Crippen LogP contribution in [0.1, 0.15) is 72.4 Å². The molecule has 1 aromatic rings. The van der Waals surface area contributed by atoms with Crippen molar-refractivity contribution in [3.8, 4) is 0 Å². The van der Waals surface area contributed by atoms with E-state index < -0.39 is 21.3 Å². The minimum atomic E-state index is -1.43. The zero-order valence-electron chi connectivity index (χ0n) is 21.5. The maximum Gasteiger partial charge on any atom is 0.248 e. The second-order valence-corrected chi connectivity index (χ2v) is 13.9. The summed E-state index contributed by atoms with van der Waals surface area (Å²) in [6.45, 7) is 15.6. The molecule has 2 aliphatic rings. The van der Waals surface area contributed by atoms with Gasteiger partial charge in [-0.2, -0.15) is 0 Å². The molecule has 0 aliphatic heterocycles. The van der Waals surface area contributed by atoms with Gasteiger partial charge in [0, 0.05) is 30.1 Å². The number of methoxy groups -OCH3 is 1. The van der Waals surface area contributed by atoms with Crippen molar-refractivity contribution in [3.05, 3.63) is 33.8 Å². The first-order chi connectivity index (χ1) is 15.4. The second-order valence-electron chi connectivity index (χ2n) is 11.0. The van der Waals surface area contributed by atoms with Crippen LogP contribution in [0.5, 0.6) is 0 Å². The molecule has 186 valence electrons. The third-order valence-corrected chi connectivity index (χ3v) is 9.89. The Labute approximate surface area is 211 Å². The fourth-order valence-corrected chi connectivity index (χ4v) is 7.81. The van der Waals surface area contributed by atoms with E-state index in [0.717, 1.165) is 29.3 Å². The van der Waals surface area contributed by atoms with Crippen LogP contribution in [-0.2, 0) is 32.5 Å². The molecule has 0 aromatic heterocycles. The van der Waals surface area contributed by atoms with Crippen LogP contribution in [0.2, 0.25) is 0 Å². The minimum absolute atomic E-state index is 0.0391. The van der Waals surface area contributed by atoms with Crippen LogP contribution < -0.4 is 4.72 Å². The lowest BCUT2D eigenvalue weighted by Crippen LogP contribution is -2.66. The highest BCUT2D eigenvalue weighted by Crippen LogP contribution is 2.61. The highest BCUT2D eigenvalue weighted by atomic mass is 79.9. The van der Waals surface area contributed by atoms with Crippen molar-refractivity contribution < 1.29 is 13.7 Å². The second kappa shape index (κ2) is 9.71. The van der Waals surface area contributed by atoms with Crippen LogP contribution in [0.15, 0.2) is 22.7 Å². The molecule has 1 fully saturated rings. The molecule has 3 rings (SSSR count). The number of nitrogens with zero attached hydrogens (tertiary/aromatic N) is 1. The topological polar surface area (TPSA) is 58.6 Å². The molecule has 0 heterocycles. The predicted molar refractivity (Wildman–Crippen MR) is 139 cm³/mol. The molecule has 1 saturated carbocycles. The molecule has 0 bridgehead atoms. The number of halogens is 1. The van der Waals surface area contributed by atoms with Crippen molar-refractivity contribution >= 4 is 32.8 Å². The van der Waals surface area contributed by atoms with Crippen molar-refractivity contribution in [2.45, 2.75) is 84.1 Å². The van der Waals surface area contributed by atoms with E-state index in [2.05, 4.69) is 52.7 Å². The Morgan fingerprint density at radius 2 is 1.79 bits per heavy atom. The molecular formula is C26H41BrN2O3S. The number of benzene rings is 1. The molecule has 0 radical (unpaired) electrons. The number of ether oxygens (including phenoxy) is 1. The summed E-state index contributed by atoms with van der Waals surface area (Å²) >= 11 is 3.65. The van der Waals surface area contributed by atoms with Crippen LogP contribution in [-0.4, -0.2) is 46.1 Å². The van der Waals surface area contributed by atoms with Gasteiger partial charge in [-0.05, 0) is 89.0 Å². The van der Waals surface area contributed by atoms with Crippen molar-refractivity contribution in [1.29, 1.82) is 0 Å². The number of nitrogens with one attached hydrogen (secondary N) is 1. The average molecular weight is 542 g/mol. The fraction of sp³-hybridized carbons (Fsp3) is 0.731. The Bertz CT molecular complexity index is 899. The van der Waals surface area contributed by atoms with Gasteiger partial charge in [-0.3, -0.25) is 4.79 Å². The summed E-state index contributed by atoms with van der Waals surface area (Å²) in [7, 11) is 0.363. The Morgan fingerprint density at radius 1 is 1.21 bits per heavy atom. The van der Waals surface area contributed by atoms with E-state index in [1.807, 2.05) is 39.5 Å². The summed E-state index contributed by atoms with van der Waals surface area (Å²) < 4.78 is 23.6. The lowest BCUT2D eigenvalue weighted by Gasteiger charge is -2.54. The monoisotopic (exact) mass is 540 g/mol. The SMILES string of the molecule is CCN(CC)C(=O)[C@]1(N[S@@](=O)C(C)(C)C)c2cc(Br)ccc2CC12C[C@@H](C)C(OC)[C@@H](C)C2. The Morgan fingerprint density at radius 3 is 2.27 bits per heavy atom. The number of carbonyl (C=O) groups excluding carboxylic acids is 1. The lowest BCUT2D eigenvalue weighted by molar-refractivity contribution is -0.150. The normalized spacial score (nSPS) is 32.6. The number of likely N-dealkylation sites (N-methyl/N-ethyl adjacent to an activating group) is 1. The van der Waals surface area contributed by atoms with Gasteiger partial charge in [-0.15, -0.1) is 0 Å². The Hall–Kier alpha value is -0.760. The number of amides is 1. The maximum atomic E-state index is 14.6. The first-order valence-corrected chi connectivity index (χ1v) is 14.1. The molecule has 7 heteroatoms. The van der Waals surface area contributed by atoms with Gasteiger partial charge in [-0.25, -0.2) is 8.93 Å². The molecule has 1 spiro atoms. The highest BCUT2D eigenvalue weighted by Gasteiger charge is 2.66. The molecular weight excluding hydrogens is 500 g/mol. The third-order valence-electron chi connectivity index (χ3n) is 7.79. The summed E-state index contributed by atoms with van der Waals surface area (Å²) in [6.07, 6.45) is 2.62. The zero-order valence-corrected chi connectivity index (χ0v) is 23.9. The molecule has 1 N–H and O–H groups in total. The molecule has 2 aliphatic carbocycles. The van der Waals surface area contributed by atoms with E-state index in [-0.39, 0.29) is 29.3 Å². The predicted octanol–water partition coefficient (Wildman–Crippen LogP) is 5.19. The van der Waals surface area contributed by atoms with Crippen LogP contribution in [0, 0.1) is 17.3 Å². The number of hydrogen-bond acceptors (Lipinski definition) is 3. The maximum absolute atomic E-state index is 14.6. The Balaban J connectivity index is 2.32. The molecule has 5 nitrogen and oxygen atoms in total. The van der Waals surface area contributed by atoms with Crippen LogP contribution in [0.3, 0.4) is 0 Å². The van der Waals surface area contributed by atoms with Crippen LogP contribution in [0.4, 0.5) is 0 Å². The van der Waals surface area contributed by atoms with Crippen molar-refractivity contribution in [3.63, 3.8) is 0 Å². The van der Waals surface area contributed by atoms with Gasteiger partial charge in [0.15, 0.2) is 0 Å².